The largest absolute Gasteiger partial charge is 0.466 e. The van der Waals surface area contributed by atoms with E-state index in [-0.39, 0.29) is 18.5 Å². The number of nitrogens with one attached hydrogen (secondary N) is 1. The molecule has 0 radical (unpaired) electrons. The first-order chi connectivity index (χ1) is 15.9. The van der Waals surface area contributed by atoms with Gasteiger partial charge in [-0.15, -0.1) is 0 Å². The SMILES string of the molecule is Cc1cc(-c2cc(C(=O)NCc3cccc(N4CCOC4=O)c3)c3c(C)noc3n2)c(C)o1. The summed E-state index contributed by atoms with van der Waals surface area (Å²) in [7, 11) is 0. The van der Waals surface area contributed by atoms with Crippen molar-refractivity contribution in [2.24, 2.45) is 0 Å². The van der Waals surface area contributed by atoms with Crippen LogP contribution in [0.25, 0.3) is 22.4 Å². The molecule has 0 atom stereocenters. The number of rotatable bonds is 5. The third-order valence-electron chi connectivity index (χ3n) is 5.61. The Bertz CT molecular complexity index is 1390. The van der Waals surface area contributed by atoms with Crippen LogP contribution in [-0.2, 0) is 11.3 Å². The first kappa shape index (κ1) is 20.7. The first-order valence-electron chi connectivity index (χ1n) is 10.6. The molecule has 1 aliphatic heterocycles. The molecular weight excluding hydrogens is 424 g/mol. The summed E-state index contributed by atoms with van der Waals surface area (Å²) in [5, 5.41) is 7.52. The highest BCUT2D eigenvalue weighted by Crippen LogP contribution is 2.30. The predicted octanol–water partition coefficient (Wildman–Crippen LogP) is 4.29. The number of nitrogens with zero attached hydrogens (tertiary/aromatic N) is 3. The molecule has 0 saturated carbocycles. The van der Waals surface area contributed by atoms with Gasteiger partial charge in [-0.2, -0.15) is 0 Å². The van der Waals surface area contributed by atoms with Gasteiger partial charge >= 0.3 is 6.09 Å². The number of hydrogen-bond acceptors (Lipinski definition) is 7. The van der Waals surface area contributed by atoms with Crippen molar-refractivity contribution in [3.8, 4) is 11.3 Å². The van der Waals surface area contributed by atoms with Crippen molar-refractivity contribution in [3.63, 3.8) is 0 Å². The zero-order valence-corrected chi connectivity index (χ0v) is 18.5. The summed E-state index contributed by atoms with van der Waals surface area (Å²) in [6.45, 7) is 6.64. The fourth-order valence-electron chi connectivity index (χ4n) is 4.04. The number of carbonyl (C=O) groups is 2. The minimum Gasteiger partial charge on any atom is -0.466 e. The molecular formula is C24H22N4O5. The monoisotopic (exact) mass is 446 g/mol. The van der Waals surface area contributed by atoms with E-state index in [1.54, 1.807) is 17.9 Å². The molecule has 0 unspecified atom stereocenters. The third kappa shape index (κ3) is 3.82. The molecule has 1 saturated heterocycles. The molecule has 4 aromatic rings. The number of aryl methyl sites for hydroxylation is 3. The van der Waals surface area contributed by atoms with Crippen LogP contribution >= 0.6 is 0 Å². The van der Waals surface area contributed by atoms with Crippen LogP contribution in [0.5, 0.6) is 0 Å². The second-order valence-electron chi connectivity index (χ2n) is 7.95. The molecule has 1 N–H and O–H groups in total. The molecule has 3 aromatic heterocycles. The number of ether oxygens (including phenoxy) is 1. The van der Waals surface area contributed by atoms with E-state index in [2.05, 4.69) is 15.5 Å². The van der Waals surface area contributed by atoms with Crippen molar-refractivity contribution < 1.29 is 23.3 Å². The average molecular weight is 446 g/mol. The second-order valence-corrected chi connectivity index (χ2v) is 7.95. The van der Waals surface area contributed by atoms with Gasteiger partial charge in [0.15, 0.2) is 0 Å². The Morgan fingerprint density at radius 3 is 2.76 bits per heavy atom. The van der Waals surface area contributed by atoms with Gasteiger partial charge in [-0.25, -0.2) is 9.78 Å². The van der Waals surface area contributed by atoms with Crippen molar-refractivity contribution in [2.45, 2.75) is 27.3 Å². The van der Waals surface area contributed by atoms with Gasteiger partial charge in [0, 0.05) is 17.8 Å². The normalized spacial score (nSPS) is 13.5. The molecule has 2 amide bonds. The second kappa shape index (κ2) is 8.09. The quantitative estimate of drug-likeness (QED) is 0.487. The smallest absolute Gasteiger partial charge is 0.414 e. The van der Waals surface area contributed by atoms with E-state index in [0.717, 1.165) is 22.6 Å². The Morgan fingerprint density at radius 1 is 1.18 bits per heavy atom. The third-order valence-corrected chi connectivity index (χ3v) is 5.61. The van der Waals surface area contributed by atoms with Crippen LogP contribution in [0.3, 0.4) is 0 Å². The van der Waals surface area contributed by atoms with E-state index in [0.29, 0.717) is 47.0 Å². The van der Waals surface area contributed by atoms with Gasteiger partial charge in [0.2, 0.25) is 0 Å². The number of aromatic nitrogens is 2. The Kier molecular flexibility index (Phi) is 5.08. The van der Waals surface area contributed by atoms with Crippen LogP contribution in [-0.4, -0.2) is 35.3 Å². The van der Waals surface area contributed by atoms with Gasteiger partial charge < -0.3 is 19.0 Å². The number of cyclic esters (lactones) is 1. The van der Waals surface area contributed by atoms with Gasteiger partial charge in [0.05, 0.1) is 28.9 Å². The van der Waals surface area contributed by atoms with Gasteiger partial charge in [-0.05, 0) is 50.6 Å². The Morgan fingerprint density at radius 2 is 2.03 bits per heavy atom. The number of pyridine rings is 1. The Hall–Kier alpha value is -4.14. The number of carbonyl (C=O) groups excluding carboxylic acids is 2. The van der Waals surface area contributed by atoms with Crippen LogP contribution in [0, 0.1) is 20.8 Å². The fourth-order valence-corrected chi connectivity index (χ4v) is 4.04. The minimum atomic E-state index is -0.365. The van der Waals surface area contributed by atoms with Crippen molar-refractivity contribution in [2.75, 3.05) is 18.1 Å². The first-order valence-corrected chi connectivity index (χ1v) is 10.6. The summed E-state index contributed by atoms with van der Waals surface area (Å²) >= 11 is 0. The van der Waals surface area contributed by atoms with Crippen molar-refractivity contribution >= 4 is 28.8 Å². The number of fused-ring (bicyclic) bond motifs is 1. The van der Waals surface area contributed by atoms with Crippen LogP contribution in [0.4, 0.5) is 10.5 Å². The van der Waals surface area contributed by atoms with E-state index in [9.17, 15) is 9.59 Å². The van der Waals surface area contributed by atoms with Crippen LogP contribution in [0.1, 0.15) is 33.1 Å². The molecule has 9 heteroatoms. The summed E-state index contributed by atoms with van der Waals surface area (Å²) in [4.78, 5) is 31.2. The summed E-state index contributed by atoms with van der Waals surface area (Å²) in [6.07, 6.45) is -0.365. The standard InChI is InChI=1S/C24H22N4O5/c1-13-9-18(15(3)32-13)20-11-19(21-14(2)27-33-23(21)26-20)22(29)25-12-16-5-4-6-17(10-16)28-7-8-31-24(28)30/h4-6,9-11H,7-8,12H2,1-3H3,(H,25,29). The van der Waals surface area contributed by atoms with Crippen LogP contribution in [0.2, 0.25) is 0 Å². The summed E-state index contributed by atoms with van der Waals surface area (Å²) in [6, 6.07) is 11.1. The molecule has 5 rings (SSSR count). The molecule has 0 aliphatic carbocycles. The molecule has 4 heterocycles. The van der Waals surface area contributed by atoms with Gasteiger partial charge in [0.25, 0.3) is 11.6 Å². The lowest BCUT2D eigenvalue weighted by Crippen LogP contribution is -2.25. The molecule has 168 valence electrons. The molecule has 0 bridgehead atoms. The molecule has 1 aliphatic rings. The van der Waals surface area contributed by atoms with Crippen molar-refractivity contribution in [1.29, 1.82) is 0 Å². The van der Waals surface area contributed by atoms with E-state index in [1.807, 2.05) is 44.2 Å². The van der Waals surface area contributed by atoms with Crippen LogP contribution < -0.4 is 10.2 Å². The molecule has 9 nitrogen and oxygen atoms in total. The molecule has 33 heavy (non-hydrogen) atoms. The lowest BCUT2D eigenvalue weighted by molar-refractivity contribution is 0.0952. The summed E-state index contributed by atoms with van der Waals surface area (Å²) in [5.74, 6) is 1.18. The maximum atomic E-state index is 13.2. The predicted molar refractivity (Wildman–Crippen MR) is 120 cm³/mol. The zero-order chi connectivity index (χ0) is 23.1. The van der Waals surface area contributed by atoms with Crippen LogP contribution in [0.15, 0.2) is 45.3 Å². The lowest BCUT2D eigenvalue weighted by atomic mass is 10.1. The Balaban J connectivity index is 1.43. The fraction of sp³-hybridized carbons (Fsp3) is 0.250. The topological polar surface area (TPSA) is 111 Å². The van der Waals surface area contributed by atoms with Gasteiger partial charge in [0.1, 0.15) is 18.1 Å². The lowest BCUT2D eigenvalue weighted by Gasteiger charge is -2.14. The number of amides is 2. The average Bonchev–Trinajstić information content (AvgIpc) is 3.50. The maximum Gasteiger partial charge on any atom is 0.414 e. The van der Waals surface area contributed by atoms with Crippen molar-refractivity contribution in [1.82, 2.24) is 15.5 Å². The van der Waals surface area contributed by atoms with Gasteiger partial charge in [-0.1, -0.05) is 17.3 Å². The number of benzene rings is 1. The van der Waals surface area contributed by atoms with Crippen molar-refractivity contribution in [3.05, 3.63) is 64.7 Å². The highest BCUT2D eigenvalue weighted by atomic mass is 16.6. The van der Waals surface area contributed by atoms with E-state index < -0.39 is 0 Å². The van der Waals surface area contributed by atoms with E-state index >= 15 is 0 Å². The van der Waals surface area contributed by atoms with Gasteiger partial charge in [-0.3, -0.25) is 9.69 Å². The molecule has 0 spiro atoms. The van der Waals surface area contributed by atoms with E-state index in [4.69, 9.17) is 13.7 Å². The number of anilines is 1. The number of furan rings is 1. The molecule has 1 aromatic carbocycles. The summed E-state index contributed by atoms with van der Waals surface area (Å²) in [5.41, 5.74) is 4.27. The number of hydrogen-bond donors (Lipinski definition) is 1. The minimum absolute atomic E-state index is 0.279. The summed E-state index contributed by atoms with van der Waals surface area (Å²) < 4.78 is 16.0. The molecule has 1 fully saturated rings. The maximum absolute atomic E-state index is 13.2. The highest BCUT2D eigenvalue weighted by Gasteiger charge is 2.24. The zero-order valence-electron chi connectivity index (χ0n) is 18.5. The van der Waals surface area contributed by atoms with E-state index in [1.165, 1.54) is 0 Å². The Labute approximate surface area is 189 Å². The highest BCUT2D eigenvalue weighted by molar-refractivity contribution is 6.07.